The summed E-state index contributed by atoms with van der Waals surface area (Å²) in [4.78, 5) is 17.5. The fourth-order valence-electron chi connectivity index (χ4n) is 4.33. The third-order valence-electron chi connectivity index (χ3n) is 5.93. The molecule has 1 aromatic rings. The number of nitrogens with one attached hydrogen (secondary N) is 1. The van der Waals surface area contributed by atoms with Crippen molar-refractivity contribution >= 4 is 5.91 Å². The number of amides is 1. The van der Waals surface area contributed by atoms with Gasteiger partial charge in [0, 0.05) is 39.3 Å². The van der Waals surface area contributed by atoms with E-state index in [9.17, 15) is 4.79 Å². The van der Waals surface area contributed by atoms with E-state index >= 15 is 0 Å². The van der Waals surface area contributed by atoms with E-state index in [1.807, 2.05) is 0 Å². The summed E-state index contributed by atoms with van der Waals surface area (Å²) >= 11 is 0. The molecule has 3 aliphatic heterocycles. The van der Waals surface area contributed by atoms with Crippen LogP contribution in [-0.4, -0.2) is 67.7 Å². The molecule has 5 nitrogen and oxygen atoms in total. The molecule has 0 spiro atoms. The van der Waals surface area contributed by atoms with E-state index in [-0.39, 0.29) is 6.04 Å². The van der Waals surface area contributed by atoms with E-state index in [1.165, 1.54) is 17.7 Å². The molecule has 1 aromatic carbocycles. The minimum atomic E-state index is -0.0503. The second kappa shape index (κ2) is 7.85. The van der Waals surface area contributed by atoms with Gasteiger partial charge in [0.15, 0.2) is 0 Å². The Labute approximate surface area is 150 Å². The van der Waals surface area contributed by atoms with Gasteiger partial charge < -0.3 is 15.0 Å². The smallest absolute Gasteiger partial charge is 0.240 e. The second-order valence-corrected chi connectivity index (χ2v) is 7.59. The van der Waals surface area contributed by atoms with E-state index in [0.717, 1.165) is 71.1 Å². The Kier molecular flexibility index (Phi) is 5.34. The predicted octanol–water partition coefficient (Wildman–Crippen LogP) is 1.27. The van der Waals surface area contributed by atoms with Gasteiger partial charge in [-0.15, -0.1) is 0 Å². The maximum atomic E-state index is 12.9. The largest absolute Gasteiger partial charge is 0.379 e. The fourth-order valence-corrected chi connectivity index (χ4v) is 4.33. The van der Waals surface area contributed by atoms with Crippen molar-refractivity contribution in [2.75, 3.05) is 45.9 Å². The van der Waals surface area contributed by atoms with Gasteiger partial charge in [-0.05, 0) is 36.3 Å². The van der Waals surface area contributed by atoms with Crippen LogP contribution in [0.1, 0.15) is 24.0 Å². The first-order chi connectivity index (χ1) is 12.3. The first kappa shape index (κ1) is 17.0. The molecule has 136 valence electrons. The number of morpholine rings is 1. The van der Waals surface area contributed by atoms with Crippen LogP contribution >= 0.6 is 0 Å². The Morgan fingerprint density at radius 2 is 1.80 bits per heavy atom. The minimum Gasteiger partial charge on any atom is -0.379 e. The van der Waals surface area contributed by atoms with Gasteiger partial charge in [-0.3, -0.25) is 9.69 Å². The Morgan fingerprint density at radius 3 is 2.56 bits per heavy atom. The highest BCUT2D eigenvalue weighted by Gasteiger charge is 2.31. The average molecular weight is 343 g/mol. The first-order valence-corrected chi connectivity index (χ1v) is 9.68. The normalized spacial score (nSPS) is 25.6. The molecule has 4 rings (SSSR count). The summed E-state index contributed by atoms with van der Waals surface area (Å²) in [7, 11) is 0. The number of rotatable bonds is 3. The molecule has 0 bridgehead atoms. The molecular formula is C20H29N3O2. The standard InChI is InChI=1S/C20H29N3O2/c24-20(19-13-17-3-1-2-4-18(17)14-21-19)23-7-5-16(6-8-23)15-22-9-11-25-12-10-22/h1-4,16,19,21H,5-15H2. The number of carbonyl (C=O) groups excluding carboxylic acids is 1. The maximum Gasteiger partial charge on any atom is 0.240 e. The Hall–Kier alpha value is -1.43. The minimum absolute atomic E-state index is 0.0503. The van der Waals surface area contributed by atoms with Gasteiger partial charge in [0.2, 0.25) is 5.91 Å². The molecule has 0 saturated carbocycles. The van der Waals surface area contributed by atoms with Gasteiger partial charge in [0.05, 0.1) is 19.3 Å². The van der Waals surface area contributed by atoms with Gasteiger partial charge >= 0.3 is 0 Å². The third-order valence-corrected chi connectivity index (χ3v) is 5.93. The van der Waals surface area contributed by atoms with Crippen LogP contribution in [0.15, 0.2) is 24.3 Å². The number of likely N-dealkylation sites (tertiary alicyclic amines) is 1. The summed E-state index contributed by atoms with van der Waals surface area (Å²) in [5.41, 5.74) is 2.65. The number of hydrogen-bond acceptors (Lipinski definition) is 4. The van der Waals surface area contributed by atoms with Crippen LogP contribution in [0.4, 0.5) is 0 Å². The summed E-state index contributed by atoms with van der Waals surface area (Å²) in [6.45, 7) is 7.65. The van der Waals surface area contributed by atoms with Crippen LogP contribution in [0.3, 0.4) is 0 Å². The van der Waals surface area contributed by atoms with E-state index in [4.69, 9.17) is 4.74 Å². The van der Waals surface area contributed by atoms with Crippen LogP contribution in [0.25, 0.3) is 0 Å². The topological polar surface area (TPSA) is 44.8 Å². The van der Waals surface area contributed by atoms with Gasteiger partial charge in [0.1, 0.15) is 0 Å². The zero-order valence-corrected chi connectivity index (χ0v) is 15.0. The molecule has 3 aliphatic rings. The summed E-state index contributed by atoms with van der Waals surface area (Å²) in [6, 6.07) is 8.40. The van der Waals surface area contributed by atoms with Crippen molar-refractivity contribution in [3.63, 3.8) is 0 Å². The third kappa shape index (κ3) is 4.05. The van der Waals surface area contributed by atoms with E-state index in [1.54, 1.807) is 0 Å². The number of fused-ring (bicyclic) bond motifs is 1. The molecule has 1 amide bonds. The highest BCUT2D eigenvalue weighted by molar-refractivity contribution is 5.82. The van der Waals surface area contributed by atoms with Crippen molar-refractivity contribution in [1.82, 2.24) is 15.1 Å². The Morgan fingerprint density at radius 1 is 1.08 bits per heavy atom. The van der Waals surface area contributed by atoms with Crippen LogP contribution in [0.2, 0.25) is 0 Å². The monoisotopic (exact) mass is 343 g/mol. The van der Waals surface area contributed by atoms with Gasteiger partial charge in [0.25, 0.3) is 0 Å². The molecule has 1 atom stereocenters. The summed E-state index contributed by atoms with van der Waals surface area (Å²) < 4.78 is 5.43. The maximum absolute atomic E-state index is 12.9. The highest BCUT2D eigenvalue weighted by atomic mass is 16.5. The molecule has 1 N–H and O–H groups in total. The lowest BCUT2D eigenvalue weighted by molar-refractivity contribution is -0.135. The Bertz CT molecular complexity index is 592. The molecule has 3 heterocycles. The quantitative estimate of drug-likeness (QED) is 0.898. The van der Waals surface area contributed by atoms with Crippen molar-refractivity contribution in [1.29, 1.82) is 0 Å². The predicted molar refractivity (Wildman–Crippen MR) is 97.3 cm³/mol. The zero-order valence-electron chi connectivity index (χ0n) is 15.0. The van der Waals surface area contributed by atoms with Crippen LogP contribution in [0, 0.1) is 5.92 Å². The van der Waals surface area contributed by atoms with Crippen molar-refractivity contribution in [2.45, 2.75) is 31.8 Å². The van der Waals surface area contributed by atoms with Gasteiger partial charge in [-0.25, -0.2) is 0 Å². The summed E-state index contributed by atoms with van der Waals surface area (Å²) in [5, 5.41) is 3.44. The van der Waals surface area contributed by atoms with Gasteiger partial charge in [-0.1, -0.05) is 24.3 Å². The van der Waals surface area contributed by atoms with Crippen LogP contribution in [-0.2, 0) is 22.5 Å². The molecule has 2 fully saturated rings. The lowest BCUT2D eigenvalue weighted by Gasteiger charge is -2.38. The summed E-state index contributed by atoms with van der Waals surface area (Å²) in [5.74, 6) is 1.02. The van der Waals surface area contributed by atoms with Crippen LogP contribution < -0.4 is 5.32 Å². The molecule has 0 aliphatic carbocycles. The number of carbonyl (C=O) groups is 1. The number of benzene rings is 1. The SMILES string of the molecule is O=C(C1Cc2ccccc2CN1)N1CCC(CN2CCOCC2)CC1. The lowest BCUT2D eigenvalue weighted by atomic mass is 9.93. The van der Waals surface area contributed by atoms with Gasteiger partial charge in [-0.2, -0.15) is 0 Å². The molecular weight excluding hydrogens is 314 g/mol. The number of nitrogens with zero attached hydrogens (tertiary/aromatic N) is 2. The molecule has 5 heteroatoms. The van der Waals surface area contributed by atoms with Crippen molar-refractivity contribution in [3.05, 3.63) is 35.4 Å². The fraction of sp³-hybridized carbons (Fsp3) is 0.650. The van der Waals surface area contributed by atoms with Crippen LogP contribution in [0.5, 0.6) is 0 Å². The first-order valence-electron chi connectivity index (χ1n) is 9.68. The van der Waals surface area contributed by atoms with Crippen molar-refractivity contribution in [3.8, 4) is 0 Å². The second-order valence-electron chi connectivity index (χ2n) is 7.59. The van der Waals surface area contributed by atoms with Crippen molar-refractivity contribution < 1.29 is 9.53 Å². The number of piperidine rings is 1. The lowest BCUT2D eigenvalue weighted by Crippen LogP contribution is -2.52. The van der Waals surface area contributed by atoms with E-state index in [2.05, 4.69) is 39.4 Å². The number of hydrogen-bond donors (Lipinski definition) is 1. The molecule has 2 saturated heterocycles. The zero-order chi connectivity index (χ0) is 17.1. The summed E-state index contributed by atoms with van der Waals surface area (Å²) in [6.07, 6.45) is 3.08. The molecule has 25 heavy (non-hydrogen) atoms. The number of ether oxygens (including phenoxy) is 1. The molecule has 0 aromatic heterocycles. The van der Waals surface area contributed by atoms with Crippen molar-refractivity contribution in [2.24, 2.45) is 5.92 Å². The highest BCUT2D eigenvalue weighted by Crippen LogP contribution is 2.22. The van der Waals surface area contributed by atoms with E-state index < -0.39 is 0 Å². The average Bonchev–Trinajstić information content (AvgIpc) is 2.68. The Balaban J connectivity index is 1.27. The molecule has 0 radical (unpaired) electrons. The molecule has 1 unspecified atom stereocenters. The van der Waals surface area contributed by atoms with E-state index in [0.29, 0.717) is 5.91 Å².